The molecule has 0 aliphatic rings. The van der Waals surface area contributed by atoms with Gasteiger partial charge in [0.05, 0.1) is 35.1 Å². The van der Waals surface area contributed by atoms with E-state index in [0.717, 1.165) is 10.6 Å². The van der Waals surface area contributed by atoms with Crippen molar-refractivity contribution in [1.82, 2.24) is 18.9 Å². The highest BCUT2D eigenvalue weighted by Gasteiger charge is 2.22. The Hall–Kier alpha value is -1.18. The van der Waals surface area contributed by atoms with Crippen LogP contribution in [0.15, 0.2) is 36.9 Å². The van der Waals surface area contributed by atoms with E-state index in [2.05, 4.69) is 14.3 Å². The van der Waals surface area contributed by atoms with E-state index in [1.54, 1.807) is 18.6 Å². The highest BCUT2D eigenvalue weighted by Crippen LogP contribution is 2.36. The van der Waals surface area contributed by atoms with Crippen LogP contribution < -0.4 is 0 Å². The zero-order chi connectivity index (χ0) is 16.2. The Labute approximate surface area is 152 Å². The molecular weight excluding hydrogens is 379 g/mol. The molecule has 0 saturated carbocycles. The lowest BCUT2D eigenvalue weighted by atomic mass is 10.3. The van der Waals surface area contributed by atoms with Crippen LogP contribution >= 0.6 is 46.3 Å². The molecule has 9 heteroatoms. The van der Waals surface area contributed by atoms with Crippen LogP contribution in [0.4, 0.5) is 0 Å². The lowest BCUT2D eigenvalue weighted by Crippen LogP contribution is -2.11. The molecule has 3 rings (SSSR count). The van der Waals surface area contributed by atoms with E-state index in [-0.39, 0.29) is 11.3 Å². The lowest BCUT2D eigenvalue weighted by molar-refractivity contribution is 0.0286. The second kappa shape index (κ2) is 7.59. The normalized spacial score (nSPS) is 12.5. The van der Waals surface area contributed by atoms with E-state index < -0.39 is 0 Å². The van der Waals surface area contributed by atoms with Crippen molar-refractivity contribution in [3.8, 4) is 0 Å². The molecule has 3 heterocycles. The number of ether oxygens (including phenoxy) is 1. The Bertz CT molecular complexity index is 778. The predicted octanol–water partition coefficient (Wildman–Crippen LogP) is 4.65. The molecule has 3 aromatic heterocycles. The molecule has 1 atom stereocenters. The van der Waals surface area contributed by atoms with Crippen molar-refractivity contribution in [3.63, 3.8) is 0 Å². The van der Waals surface area contributed by atoms with Gasteiger partial charge in [-0.15, -0.1) is 0 Å². The molecule has 0 N–H and O–H groups in total. The third kappa shape index (κ3) is 4.22. The van der Waals surface area contributed by atoms with Gasteiger partial charge in [0.1, 0.15) is 11.3 Å². The fraction of sp³-hybridized carbons (Fsp3) is 0.214. The molecule has 0 spiro atoms. The fourth-order valence-corrected chi connectivity index (χ4v) is 3.45. The molecule has 3 aromatic rings. The SMILES string of the molecule is Clc1cccc(CO[C@@H](Cn2ccnc2)c2snc(Cl)c2Cl)n1. The quantitative estimate of drug-likeness (QED) is 0.576. The van der Waals surface area contributed by atoms with Crippen LogP contribution in [-0.4, -0.2) is 18.9 Å². The van der Waals surface area contributed by atoms with E-state index >= 15 is 0 Å². The molecule has 0 radical (unpaired) electrons. The van der Waals surface area contributed by atoms with Gasteiger partial charge in [0.2, 0.25) is 0 Å². The number of hydrogen-bond acceptors (Lipinski definition) is 5. The Morgan fingerprint density at radius 3 is 2.78 bits per heavy atom. The van der Waals surface area contributed by atoms with Crippen molar-refractivity contribution in [1.29, 1.82) is 0 Å². The van der Waals surface area contributed by atoms with Crippen molar-refractivity contribution in [2.24, 2.45) is 0 Å². The summed E-state index contributed by atoms with van der Waals surface area (Å²) in [5.74, 6) is 0. The largest absolute Gasteiger partial charge is 0.364 e. The Kier molecular flexibility index (Phi) is 5.50. The highest BCUT2D eigenvalue weighted by atomic mass is 35.5. The summed E-state index contributed by atoms with van der Waals surface area (Å²) in [6, 6.07) is 5.39. The molecule has 0 saturated heterocycles. The smallest absolute Gasteiger partial charge is 0.161 e. The zero-order valence-corrected chi connectivity index (χ0v) is 14.8. The summed E-state index contributed by atoms with van der Waals surface area (Å²) in [4.78, 5) is 9.02. The van der Waals surface area contributed by atoms with Gasteiger partial charge >= 0.3 is 0 Å². The van der Waals surface area contributed by atoms with Gasteiger partial charge in [0, 0.05) is 12.4 Å². The van der Waals surface area contributed by atoms with Gasteiger partial charge in [0.25, 0.3) is 0 Å². The van der Waals surface area contributed by atoms with Gasteiger partial charge in [-0.05, 0) is 23.7 Å². The Balaban J connectivity index is 1.79. The van der Waals surface area contributed by atoms with Crippen molar-refractivity contribution in [2.75, 3.05) is 0 Å². The summed E-state index contributed by atoms with van der Waals surface area (Å²) < 4.78 is 12.0. The van der Waals surface area contributed by atoms with Crippen molar-refractivity contribution < 1.29 is 4.74 Å². The summed E-state index contributed by atoms with van der Waals surface area (Å²) in [5, 5.41) is 1.13. The summed E-state index contributed by atoms with van der Waals surface area (Å²) >= 11 is 19.3. The van der Waals surface area contributed by atoms with Crippen molar-refractivity contribution in [2.45, 2.75) is 19.3 Å². The molecule has 0 fully saturated rings. The minimum Gasteiger partial charge on any atom is -0.364 e. The Morgan fingerprint density at radius 2 is 2.13 bits per heavy atom. The molecule has 23 heavy (non-hydrogen) atoms. The molecule has 0 bridgehead atoms. The van der Waals surface area contributed by atoms with Gasteiger partial charge in [-0.25, -0.2) is 9.97 Å². The second-order valence-corrected chi connectivity index (χ2v) is 6.59. The fourth-order valence-electron chi connectivity index (χ4n) is 1.99. The molecular formula is C14H11Cl3N4OS. The van der Waals surface area contributed by atoms with E-state index in [9.17, 15) is 0 Å². The standard InChI is InChI=1S/C14H11Cl3N4OS/c15-11-3-1-2-9(19-11)7-22-10(6-21-5-4-18-8-21)13-12(16)14(17)20-23-13/h1-5,8,10H,6-7H2/t10-/m0/s1. The second-order valence-electron chi connectivity index (χ2n) is 4.66. The topological polar surface area (TPSA) is 52.8 Å². The van der Waals surface area contributed by atoms with Crippen LogP contribution in [0.1, 0.15) is 16.7 Å². The van der Waals surface area contributed by atoms with Gasteiger partial charge in [-0.1, -0.05) is 40.9 Å². The number of imidazole rings is 1. The van der Waals surface area contributed by atoms with Crippen LogP contribution in [-0.2, 0) is 17.9 Å². The maximum absolute atomic E-state index is 6.23. The van der Waals surface area contributed by atoms with Gasteiger partial charge in [0.15, 0.2) is 5.15 Å². The minimum atomic E-state index is -0.317. The van der Waals surface area contributed by atoms with Gasteiger partial charge in [-0.3, -0.25) is 0 Å². The summed E-state index contributed by atoms with van der Waals surface area (Å²) in [6.07, 6.45) is 4.95. The maximum Gasteiger partial charge on any atom is 0.161 e. The van der Waals surface area contributed by atoms with Crippen LogP contribution in [0, 0.1) is 0 Å². The molecule has 120 valence electrons. The zero-order valence-electron chi connectivity index (χ0n) is 11.7. The first-order valence-electron chi connectivity index (χ1n) is 6.63. The number of nitrogens with zero attached hydrogens (tertiary/aromatic N) is 4. The molecule has 0 aromatic carbocycles. The average Bonchev–Trinajstić information content (AvgIpc) is 3.15. The van der Waals surface area contributed by atoms with Crippen molar-refractivity contribution >= 4 is 46.3 Å². The van der Waals surface area contributed by atoms with Crippen LogP contribution in [0.3, 0.4) is 0 Å². The van der Waals surface area contributed by atoms with Gasteiger partial charge in [-0.2, -0.15) is 4.37 Å². The molecule has 0 amide bonds. The van der Waals surface area contributed by atoms with Crippen LogP contribution in [0.25, 0.3) is 0 Å². The maximum atomic E-state index is 6.23. The summed E-state index contributed by atoms with van der Waals surface area (Å²) in [7, 11) is 0. The highest BCUT2D eigenvalue weighted by molar-refractivity contribution is 7.07. The summed E-state index contributed by atoms with van der Waals surface area (Å²) in [6.45, 7) is 0.838. The first-order valence-corrected chi connectivity index (χ1v) is 8.53. The summed E-state index contributed by atoms with van der Waals surface area (Å²) in [5.41, 5.74) is 0.736. The third-order valence-corrected chi connectivity index (χ3v) is 5.17. The number of halogens is 3. The van der Waals surface area contributed by atoms with Crippen LogP contribution in [0.5, 0.6) is 0 Å². The Morgan fingerprint density at radius 1 is 1.26 bits per heavy atom. The molecule has 0 unspecified atom stereocenters. The number of hydrogen-bond donors (Lipinski definition) is 0. The van der Waals surface area contributed by atoms with Crippen molar-refractivity contribution in [3.05, 3.63) is 62.8 Å². The molecule has 0 aliphatic heterocycles. The number of pyridine rings is 1. The number of rotatable bonds is 6. The monoisotopic (exact) mass is 388 g/mol. The minimum absolute atomic E-state index is 0.284. The molecule has 0 aliphatic carbocycles. The van der Waals surface area contributed by atoms with E-state index in [1.165, 1.54) is 11.5 Å². The predicted molar refractivity (Wildman–Crippen MR) is 91.1 cm³/mol. The van der Waals surface area contributed by atoms with Crippen LogP contribution in [0.2, 0.25) is 15.3 Å². The van der Waals surface area contributed by atoms with E-state index in [4.69, 9.17) is 39.5 Å². The first-order chi connectivity index (χ1) is 11.1. The number of aromatic nitrogens is 4. The molecule has 5 nitrogen and oxygen atoms in total. The lowest BCUT2D eigenvalue weighted by Gasteiger charge is -2.17. The average molecular weight is 390 g/mol. The van der Waals surface area contributed by atoms with E-state index in [1.807, 2.05) is 22.9 Å². The van der Waals surface area contributed by atoms with Gasteiger partial charge < -0.3 is 9.30 Å². The van der Waals surface area contributed by atoms with E-state index in [0.29, 0.717) is 23.3 Å². The third-order valence-electron chi connectivity index (χ3n) is 3.06. The first kappa shape index (κ1) is 16.7.